The average molecular weight is 225 g/mol. The van der Waals surface area contributed by atoms with E-state index in [-0.39, 0.29) is 12.4 Å². The number of carbonyl (C=O) groups is 1. The molecule has 0 saturated heterocycles. The van der Waals surface area contributed by atoms with Crippen molar-refractivity contribution in [1.82, 2.24) is 0 Å². The van der Waals surface area contributed by atoms with Crippen molar-refractivity contribution in [3.8, 4) is 5.75 Å². The molecule has 0 heterocycles. The third-order valence-electron chi connectivity index (χ3n) is 1.96. The number of methoxy groups -OCH3 is 1. The van der Waals surface area contributed by atoms with E-state index in [1.165, 1.54) is 13.2 Å². The average Bonchev–Trinajstić information content (AvgIpc) is 2.30. The van der Waals surface area contributed by atoms with Gasteiger partial charge in [0.05, 0.1) is 12.7 Å². The molecule has 1 aromatic carbocycles. The SMILES string of the molecule is CCOCOC(=O)c1cc(OC)ccc1N. The summed E-state index contributed by atoms with van der Waals surface area (Å²) in [5.74, 6) is 0.0300. The van der Waals surface area contributed by atoms with Crippen LogP contribution >= 0.6 is 0 Å². The van der Waals surface area contributed by atoms with E-state index in [4.69, 9.17) is 19.9 Å². The van der Waals surface area contributed by atoms with Gasteiger partial charge in [0.2, 0.25) is 0 Å². The van der Waals surface area contributed by atoms with Gasteiger partial charge in [0.1, 0.15) is 5.75 Å². The molecule has 1 aromatic rings. The molecule has 5 nitrogen and oxygen atoms in total. The molecule has 0 atom stereocenters. The van der Waals surface area contributed by atoms with Gasteiger partial charge in [0.15, 0.2) is 6.79 Å². The summed E-state index contributed by atoms with van der Waals surface area (Å²) in [5.41, 5.74) is 6.28. The normalized spacial score (nSPS) is 9.88. The van der Waals surface area contributed by atoms with Crippen LogP contribution in [-0.4, -0.2) is 26.5 Å². The molecular formula is C11H15NO4. The second-order valence-electron chi connectivity index (χ2n) is 3.00. The summed E-state index contributed by atoms with van der Waals surface area (Å²) in [6, 6.07) is 4.80. The number of benzene rings is 1. The fraction of sp³-hybridized carbons (Fsp3) is 0.364. The number of rotatable bonds is 5. The van der Waals surface area contributed by atoms with Crippen LogP contribution in [0.15, 0.2) is 18.2 Å². The van der Waals surface area contributed by atoms with Gasteiger partial charge >= 0.3 is 5.97 Å². The first-order valence-corrected chi connectivity index (χ1v) is 4.87. The fourth-order valence-corrected chi connectivity index (χ4v) is 1.10. The number of nitrogens with two attached hydrogens (primary N) is 1. The van der Waals surface area contributed by atoms with Gasteiger partial charge in [-0.1, -0.05) is 0 Å². The van der Waals surface area contributed by atoms with Crippen molar-refractivity contribution in [3.63, 3.8) is 0 Å². The van der Waals surface area contributed by atoms with Crippen molar-refractivity contribution in [3.05, 3.63) is 23.8 Å². The number of carbonyl (C=O) groups excluding carboxylic acids is 1. The molecule has 0 bridgehead atoms. The lowest BCUT2D eigenvalue weighted by molar-refractivity contribution is -0.0273. The molecule has 0 saturated carbocycles. The summed E-state index contributed by atoms with van der Waals surface area (Å²) < 4.78 is 14.8. The highest BCUT2D eigenvalue weighted by Gasteiger charge is 2.12. The van der Waals surface area contributed by atoms with Gasteiger partial charge in [-0.2, -0.15) is 0 Å². The van der Waals surface area contributed by atoms with E-state index in [0.29, 0.717) is 18.0 Å². The maximum Gasteiger partial charge on any atom is 0.342 e. The van der Waals surface area contributed by atoms with Crippen molar-refractivity contribution in [2.45, 2.75) is 6.92 Å². The summed E-state index contributed by atoms with van der Waals surface area (Å²) in [6.45, 7) is 2.22. The van der Waals surface area contributed by atoms with Gasteiger partial charge in [0, 0.05) is 12.3 Å². The lowest BCUT2D eigenvalue weighted by Crippen LogP contribution is -2.11. The van der Waals surface area contributed by atoms with E-state index < -0.39 is 5.97 Å². The molecule has 5 heteroatoms. The number of hydrogen-bond acceptors (Lipinski definition) is 5. The molecule has 0 aliphatic heterocycles. The summed E-state index contributed by atoms with van der Waals surface area (Å²) in [6.07, 6.45) is 0. The van der Waals surface area contributed by atoms with Crippen LogP contribution < -0.4 is 10.5 Å². The number of nitrogen functional groups attached to an aromatic ring is 1. The highest BCUT2D eigenvalue weighted by molar-refractivity contribution is 5.95. The van der Waals surface area contributed by atoms with Crippen molar-refractivity contribution in [2.24, 2.45) is 0 Å². The molecule has 0 unspecified atom stereocenters. The minimum atomic E-state index is -0.523. The van der Waals surface area contributed by atoms with Gasteiger partial charge in [-0.3, -0.25) is 0 Å². The molecule has 16 heavy (non-hydrogen) atoms. The number of anilines is 1. The Hall–Kier alpha value is -1.75. The van der Waals surface area contributed by atoms with Crippen LogP contribution in [0.4, 0.5) is 5.69 Å². The summed E-state index contributed by atoms with van der Waals surface area (Å²) in [4.78, 5) is 11.6. The molecule has 1 rings (SSSR count). The smallest absolute Gasteiger partial charge is 0.342 e. The predicted octanol–water partition coefficient (Wildman–Crippen LogP) is 1.43. The lowest BCUT2D eigenvalue weighted by Gasteiger charge is -2.08. The maximum atomic E-state index is 11.6. The maximum absolute atomic E-state index is 11.6. The van der Waals surface area contributed by atoms with Crippen LogP contribution in [-0.2, 0) is 9.47 Å². The van der Waals surface area contributed by atoms with E-state index >= 15 is 0 Å². The monoisotopic (exact) mass is 225 g/mol. The second kappa shape index (κ2) is 5.97. The van der Waals surface area contributed by atoms with Gasteiger partial charge in [-0.15, -0.1) is 0 Å². The Balaban J connectivity index is 2.73. The zero-order valence-electron chi connectivity index (χ0n) is 9.36. The predicted molar refractivity (Wildman–Crippen MR) is 59.3 cm³/mol. The Labute approximate surface area is 94.1 Å². The van der Waals surface area contributed by atoms with E-state index in [1.54, 1.807) is 12.1 Å². The van der Waals surface area contributed by atoms with Crippen LogP contribution in [0.5, 0.6) is 5.75 Å². The van der Waals surface area contributed by atoms with E-state index in [0.717, 1.165) is 0 Å². The lowest BCUT2D eigenvalue weighted by atomic mass is 10.2. The van der Waals surface area contributed by atoms with Gasteiger partial charge < -0.3 is 19.9 Å². The Morgan fingerprint density at radius 3 is 2.81 bits per heavy atom. The van der Waals surface area contributed by atoms with Gasteiger partial charge in [-0.25, -0.2) is 4.79 Å². The summed E-state index contributed by atoms with van der Waals surface area (Å²) >= 11 is 0. The molecule has 0 aliphatic carbocycles. The van der Waals surface area contributed by atoms with Crippen molar-refractivity contribution < 1.29 is 19.0 Å². The van der Waals surface area contributed by atoms with Gasteiger partial charge in [-0.05, 0) is 25.1 Å². The molecule has 0 spiro atoms. The van der Waals surface area contributed by atoms with Crippen LogP contribution in [0.2, 0.25) is 0 Å². The highest BCUT2D eigenvalue weighted by Crippen LogP contribution is 2.20. The second-order valence-corrected chi connectivity index (χ2v) is 3.00. The minimum absolute atomic E-state index is 0.0774. The molecule has 0 radical (unpaired) electrons. The topological polar surface area (TPSA) is 70.8 Å². The molecule has 88 valence electrons. The zero-order chi connectivity index (χ0) is 12.0. The van der Waals surface area contributed by atoms with E-state index in [2.05, 4.69) is 0 Å². The summed E-state index contributed by atoms with van der Waals surface area (Å²) in [7, 11) is 1.51. The molecule has 2 N–H and O–H groups in total. The van der Waals surface area contributed by atoms with E-state index in [9.17, 15) is 4.79 Å². The molecule has 0 fully saturated rings. The first kappa shape index (κ1) is 12.3. The zero-order valence-corrected chi connectivity index (χ0v) is 9.36. The Kier molecular flexibility index (Phi) is 4.60. The molecule has 0 aromatic heterocycles. The van der Waals surface area contributed by atoms with Crippen LogP contribution in [0.1, 0.15) is 17.3 Å². The van der Waals surface area contributed by atoms with Gasteiger partial charge in [0.25, 0.3) is 0 Å². The van der Waals surface area contributed by atoms with Crippen molar-refractivity contribution in [1.29, 1.82) is 0 Å². The quantitative estimate of drug-likeness (QED) is 0.355. The largest absolute Gasteiger partial charge is 0.497 e. The standard InChI is InChI=1S/C11H15NO4/c1-3-15-7-16-11(13)9-6-8(14-2)4-5-10(9)12/h4-6H,3,7,12H2,1-2H3. The summed E-state index contributed by atoms with van der Waals surface area (Å²) in [5, 5.41) is 0. The number of ether oxygens (including phenoxy) is 3. The third kappa shape index (κ3) is 3.13. The molecule has 0 amide bonds. The first-order chi connectivity index (χ1) is 7.69. The number of hydrogen-bond donors (Lipinski definition) is 1. The highest BCUT2D eigenvalue weighted by atomic mass is 16.7. The van der Waals surface area contributed by atoms with Crippen LogP contribution in [0, 0.1) is 0 Å². The Morgan fingerprint density at radius 2 is 2.19 bits per heavy atom. The van der Waals surface area contributed by atoms with Crippen LogP contribution in [0.25, 0.3) is 0 Å². The Bertz CT molecular complexity index is 365. The van der Waals surface area contributed by atoms with E-state index in [1.807, 2.05) is 6.92 Å². The van der Waals surface area contributed by atoms with Crippen LogP contribution in [0.3, 0.4) is 0 Å². The fourth-order valence-electron chi connectivity index (χ4n) is 1.10. The molecular weight excluding hydrogens is 210 g/mol. The molecule has 0 aliphatic rings. The van der Waals surface area contributed by atoms with Crippen molar-refractivity contribution in [2.75, 3.05) is 26.2 Å². The number of esters is 1. The van der Waals surface area contributed by atoms with Crippen molar-refractivity contribution >= 4 is 11.7 Å². The first-order valence-electron chi connectivity index (χ1n) is 4.87. The minimum Gasteiger partial charge on any atom is -0.497 e. The third-order valence-corrected chi connectivity index (χ3v) is 1.96. The Morgan fingerprint density at radius 1 is 1.44 bits per heavy atom.